The molecule has 0 spiro atoms. The Labute approximate surface area is 99.2 Å². The topological polar surface area (TPSA) is 35.5 Å². The van der Waals surface area contributed by atoms with Crippen molar-refractivity contribution >= 4 is 0 Å². The summed E-state index contributed by atoms with van der Waals surface area (Å²) in [5.41, 5.74) is 0. The van der Waals surface area contributed by atoms with Crippen molar-refractivity contribution in [2.45, 2.75) is 51.1 Å². The lowest BCUT2D eigenvalue weighted by Gasteiger charge is -2.38. The summed E-state index contributed by atoms with van der Waals surface area (Å²) < 4.78 is 0. The minimum atomic E-state index is 0.305. The highest BCUT2D eigenvalue weighted by Crippen LogP contribution is 2.25. The molecule has 2 fully saturated rings. The maximum atomic E-state index is 9.09. The van der Waals surface area contributed by atoms with E-state index in [9.17, 15) is 0 Å². The summed E-state index contributed by atoms with van der Waals surface area (Å²) in [5.74, 6) is 0.702. The van der Waals surface area contributed by atoms with Gasteiger partial charge in [0.2, 0.25) is 0 Å². The van der Waals surface area contributed by atoms with Crippen LogP contribution in [0.4, 0.5) is 0 Å². The second kappa shape index (κ2) is 5.99. The Bertz CT molecular complexity index is 202. The average molecular weight is 226 g/mol. The number of hydrogen-bond acceptors (Lipinski definition) is 3. The van der Waals surface area contributed by atoms with E-state index in [1.54, 1.807) is 0 Å². The minimum absolute atomic E-state index is 0.305. The lowest BCUT2D eigenvalue weighted by Crippen LogP contribution is -2.45. The fourth-order valence-electron chi connectivity index (χ4n) is 2.42. The summed E-state index contributed by atoms with van der Waals surface area (Å²) in [7, 11) is 0. The molecule has 3 heteroatoms. The van der Waals surface area contributed by atoms with E-state index in [-0.39, 0.29) is 0 Å². The fraction of sp³-hybridized carbons (Fsp3) is 1.00. The molecule has 1 unspecified atom stereocenters. The molecule has 0 amide bonds. The van der Waals surface area contributed by atoms with Crippen molar-refractivity contribution < 1.29 is 5.11 Å². The van der Waals surface area contributed by atoms with Crippen LogP contribution in [0.25, 0.3) is 0 Å². The third-order valence-corrected chi connectivity index (χ3v) is 3.86. The van der Waals surface area contributed by atoms with Gasteiger partial charge in [0, 0.05) is 25.2 Å². The summed E-state index contributed by atoms with van der Waals surface area (Å²) in [6.45, 7) is 5.76. The van der Waals surface area contributed by atoms with Crippen LogP contribution in [0.5, 0.6) is 0 Å². The van der Waals surface area contributed by atoms with E-state index in [4.69, 9.17) is 5.11 Å². The summed E-state index contributed by atoms with van der Waals surface area (Å²) in [6.07, 6.45) is 6.79. The van der Waals surface area contributed by atoms with Gasteiger partial charge in [-0.2, -0.15) is 0 Å². The van der Waals surface area contributed by atoms with Crippen LogP contribution in [-0.4, -0.2) is 48.3 Å². The third-order valence-electron chi connectivity index (χ3n) is 3.86. The molecule has 0 aliphatic heterocycles. The Hall–Kier alpha value is -0.120. The predicted octanol–water partition coefficient (Wildman–Crippen LogP) is 1.22. The molecule has 0 heterocycles. The molecular weight excluding hydrogens is 200 g/mol. The van der Waals surface area contributed by atoms with Crippen molar-refractivity contribution in [1.82, 2.24) is 10.2 Å². The number of nitrogens with one attached hydrogen (secondary N) is 1. The predicted molar refractivity (Wildman–Crippen MR) is 66.5 cm³/mol. The SMILES string of the molecule is CC(CNC1CC1)CN(CCO)C1CCC1. The zero-order chi connectivity index (χ0) is 11.4. The van der Waals surface area contributed by atoms with Crippen LogP contribution < -0.4 is 5.32 Å². The summed E-state index contributed by atoms with van der Waals surface area (Å²) in [4.78, 5) is 2.49. The van der Waals surface area contributed by atoms with Crippen LogP contribution in [0.1, 0.15) is 39.0 Å². The first-order chi connectivity index (χ1) is 7.79. The van der Waals surface area contributed by atoms with Crippen molar-refractivity contribution in [3.05, 3.63) is 0 Å². The Morgan fingerprint density at radius 2 is 2.06 bits per heavy atom. The van der Waals surface area contributed by atoms with Gasteiger partial charge >= 0.3 is 0 Å². The number of aliphatic hydroxyl groups is 1. The minimum Gasteiger partial charge on any atom is -0.395 e. The van der Waals surface area contributed by atoms with Crippen molar-refractivity contribution in [2.75, 3.05) is 26.2 Å². The second-order valence-corrected chi connectivity index (χ2v) is 5.59. The van der Waals surface area contributed by atoms with Gasteiger partial charge in [0.1, 0.15) is 0 Å². The van der Waals surface area contributed by atoms with Gasteiger partial charge in [-0.1, -0.05) is 13.3 Å². The van der Waals surface area contributed by atoms with Gasteiger partial charge in [-0.25, -0.2) is 0 Å². The van der Waals surface area contributed by atoms with Crippen molar-refractivity contribution in [3.8, 4) is 0 Å². The molecule has 2 aliphatic rings. The maximum absolute atomic E-state index is 9.09. The van der Waals surface area contributed by atoms with Crippen LogP contribution in [-0.2, 0) is 0 Å². The smallest absolute Gasteiger partial charge is 0.0558 e. The molecule has 0 bridgehead atoms. The van der Waals surface area contributed by atoms with Gasteiger partial charge in [0.25, 0.3) is 0 Å². The lowest BCUT2D eigenvalue weighted by atomic mass is 9.90. The second-order valence-electron chi connectivity index (χ2n) is 5.59. The molecule has 0 radical (unpaired) electrons. The van der Waals surface area contributed by atoms with Gasteiger partial charge in [-0.05, 0) is 38.1 Å². The van der Waals surface area contributed by atoms with Crippen LogP contribution in [0.2, 0.25) is 0 Å². The molecule has 2 rings (SSSR count). The molecule has 0 aromatic rings. The molecule has 1 atom stereocenters. The number of aliphatic hydroxyl groups excluding tert-OH is 1. The highest BCUT2D eigenvalue weighted by Gasteiger charge is 2.26. The van der Waals surface area contributed by atoms with E-state index in [0.29, 0.717) is 12.5 Å². The van der Waals surface area contributed by atoms with E-state index in [0.717, 1.165) is 31.7 Å². The first-order valence-corrected chi connectivity index (χ1v) is 6.88. The highest BCUT2D eigenvalue weighted by atomic mass is 16.3. The van der Waals surface area contributed by atoms with E-state index in [2.05, 4.69) is 17.1 Å². The maximum Gasteiger partial charge on any atom is 0.0558 e. The molecule has 16 heavy (non-hydrogen) atoms. The largest absolute Gasteiger partial charge is 0.395 e. The van der Waals surface area contributed by atoms with Crippen molar-refractivity contribution in [1.29, 1.82) is 0 Å². The average Bonchev–Trinajstić information content (AvgIpc) is 2.95. The van der Waals surface area contributed by atoms with Crippen LogP contribution in [0.15, 0.2) is 0 Å². The molecule has 3 nitrogen and oxygen atoms in total. The normalized spacial score (nSPS) is 23.4. The molecule has 0 aromatic carbocycles. The summed E-state index contributed by atoms with van der Waals surface area (Å²) in [6, 6.07) is 1.58. The summed E-state index contributed by atoms with van der Waals surface area (Å²) >= 11 is 0. The van der Waals surface area contributed by atoms with Gasteiger partial charge in [0.15, 0.2) is 0 Å². The van der Waals surface area contributed by atoms with Crippen LogP contribution in [0.3, 0.4) is 0 Å². The molecule has 2 saturated carbocycles. The first-order valence-electron chi connectivity index (χ1n) is 6.88. The zero-order valence-electron chi connectivity index (χ0n) is 10.5. The van der Waals surface area contributed by atoms with E-state index in [1.807, 2.05) is 0 Å². The van der Waals surface area contributed by atoms with Crippen LogP contribution >= 0.6 is 0 Å². The number of nitrogens with zero attached hydrogens (tertiary/aromatic N) is 1. The molecule has 94 valence electrons. The third kappa shape index (κ3) is 3.72. The molecule has 2 N–H and O–H groups in total. The van der Waals surface area contributed by atoms with Gasteiger partial charge in [-0.3, -0.25) is 4.90 Å². The lowest BCUT2D eigenvalue weighted by molar-refractivity contribution is 0.0873. The highest BCUT2D eigenvalue weighted by molar-refractivity contribution is 4.84. The van der Waals surface area contributed by atoms with E-state index in [1.165, 1.54) is 32.1 Å². The van der Waals surface area contributed by atoms with Gasteiger partial charge in [-0.15, -0.1) is 0 Å². The standard InChI is InChI=1S/C13H26N2O/c1-11(9-14-12-5-6-12)10-15(7-8-16)13-3-2-4-13/h11-14,16H,2-10H2,1H3. The number of rotatable bonds is 8. The Morgan fingerprint density at radius 3 is 2.56 bits per heavy atom. The number of hydrogen-bond donors (Lipinski definition) is 2. The van der Waals surface area contributed by atoms with Crippen molar-refractivity contribution in [2.24, 2.45) is 5.92 Å². The summed E-state index contributed by atoms with van der Waals surface area (Å²) in [5, 5.41) is 12.7. The van der Waals surface area contributed by atoms with Crippen LogP contribution in [0, 0.1) is 5.92 Å². The van der Waals surface area contributed by atoms with E-state index >= 15 is 0 Å². The zero-order valence-corrected chi connectivity index (χ0v) is 10.5. The molecule has 0 aromatic heterocycles. The Balaban J connectivity index is 1.65. The molecular formula is C13H26N2O. The monoisotopic (exact) mass is 226 g/mol. The van der Waals surface area contributed by atoms with Crippen molar-refractivity contribution in [3.63, 3.8) is 0 Å². The van der Waals surface area contributed by atoms with Gasteiger partial charge in [0.05, 0.1) is 6.61 Å². The molecule has 0 saturated heterocycles. The Kier molecular flexibility index (Phi) is 4.62. The first kappa shape index (κ1) is 12.3. The molecule has 2 aliphatic carbocycles. The Morgan fingerprint density at radius 1 is 1.31 bits per heavy atom. The quantitative estimate of drug-likeness (QED) is 0.653. The van der Waals surface area contributed by atoms with E-state index < -0.39 is 0 Å². The van der Waals surface area contributed by atoms with Gasteiger partial charge < -0.3 is 10.4 Å². The fourth-order valence-corrected chi connectivity index (χ4v) is 2.42.